The summed E-state index contributed by atoms with van der Waals surface area (Å²) in [6.07, 6.45) is 1.26. The van der Waals surface area contributed by atoms with E-state index in [9.17, 15) is 0 Å². The van der Waals surface area contributed by atoms with Gasteiger partial charge < -0.3 is 10.2 Å². The number of thioether (sulfide) groups is 1. The predicted molar refractivity (Wildman–Crippen MR) is 80.1 cm³/mol. The van der Waals surface area contributed by atoms with E-state index in [-0.39, 0.29) is 0 Å². The monoisotopic (exact) mass is 252 g/mol. The van der Waals surface area contributed by atoms with Crippen molar-refractivity contribution in [3.05, 3.63) is 29.8 Å². The molecule has 1 rings (SSSR count). The Kier molecular flexibility index (Phi) is 7.13. The molecule has 0 unspecified atom stereocenters. The molecule has 0 aromatic heterocycles. The molecule has 0 saturated heterocycles. The molecule has 0 radical (unpaired) electrons. The van der Waals surface area contributed by atoms with Crippen molar-refractivity contribution in [1.29, 1.82) is 0 Å². The van der Waals surface area contributed by atoms with Gasteiger partial charge in [-0.1, -0.05) is 19.1 Å². The number of hydrogen-bond donors (Lipinski definition) is 1. The van der Waals surface area contributed by atoms with Gasteiger partial charge in [0.05, 0.1) is 0 Å². The summed E-state index contributed by atoms with van der Waals surface area (Å²) >= 11 is 2.01. The van der Waals surface area contributed by atoms with Gasteiger partial charge in [0.25, 0.3) is 0 Å². The highest BCUT2D eigenvalue weighted by atomic mass is 32.2. The molecule has 0 aliphatic heterocycles. The minimum atomic E-state index is 0.977. The van der Waals surface area contributed by atoms with E-state index in [2.05, 4.69) is 55.5 Å². The lowest BCUT2D eigenvalue weighted by molar-refractivity contribution is 0.679. The maximum atomic E-state index is 3.48. The van der Waals surface area contributed by atoms with Gasteiger partial charge in [-0.3, -0.25) is 0 Å². The highest BCUT2D eigenvalue weighted by molar-refractivity contribution is 7.99. The van der Waals surface area contributed by atoms with Crippen molar-refractivity contribution < 1.29 is 0 Å². The average molecular weight is 252 g/mol. The second-order valence-electron chi connectivity index (χ2n) is 4.29. The third kappa shape index (κ3) is 5.99. The van der Waals surface area contributed by atoms with E-state index >= 15 is 0 Å². The van der Waals surface area contributed by atoms with Crippen LogP contribution >= 0.6 is 11.8 Å². The first-order valence-electron chi connectivity index (χ1n) is 6.28. The molecule has 0 saturated carbocycles. The van der Waals surface area contributed by atoms with E-state index in [1.165, 1.54) is 29.2 Å². The molecule has 3 heteroatoms. The Bertz CT molecular complexity index is 296. The van der Waals surface area contributed by atoms with Crippen LogP contribution in [-0.2, 0) is 6.54 Å². The topological polar surface area (TPSA) is 15.3 Å². The zero-order chi connectivity index (χ0) is 12.5. The molecule has 0 bridgehead atoms. The summed E-state index contributed by atoms with van der Waals surface area (Å²) in [5.74, 6) is 2.50. The Hall–Kier alpha value is -0.670. The van der Waals surface area contributed by atoms with Gasteiger partial charge in [0.1, 0.15) is 0 Å². The van der Waals surface area contributed by atoms with E-state index in [4.69, 9.17) is 0 Å². The summed E-state index contributed by atoms with van der Waals surface area (Å²) < 4.78 is 0. The van der Waals surface area contributed by atoms with Crippen LogP contribution in [0.15, 0.2) is 24.3 Å². The second-order valence-corrected chi connectivity index (χ2v) is 5.68. The van der Waals surface area contributed by atoms with Crippen LogP contribution in [0.25, 0.3) is 0 Å². The van der Waals surface area contributed by atoms with Crippen LogP contribution in [0.4, 0.5) is 5.69 Å². The fourth-order valence-corrected chi connectivity index (χ4v) is 2.23. The fraction of sp³-hybridized carbons (Fsp3) is 0.571. The Balaban J connectivity index is 2.19. The minimum absolute atomic E-state index is 0.977. The van der Waals surface area contributed by atoms with Crippen LogP contribution in [-0.4, -0.2) is 32.1 Å². The van der Waals surface area contributed by atoms with Crippen molar-refractivity contribution in [3.8, 4) is 0 Å². The molecule has 1 N–H and O–H groups in total. The third-order valence-corrected chi connectivity index (χ3v) is 3.61. The van der Waals surface area contributed by atoms with Crippen LogP contribution in [0.1, 0.15) is 18.9 Å². The molecule has 0 heterocycles. The Labute approximate surface area is 110 Å². The van der Waals surface area contributed by atoms with Gasteiger partial charge in [0.15, 0.2) is 0 Å². The molecule has 2 nitrogen and oxygen atoms in total. The smallest absolute Gasteiger partial charge is 0.0361 e. The summed E-state index contributed by atoms with van der Waals surface area (Å²) in [7, 11) is 4.14. The van der Waals surface area contributed by atoms with Crippen LogP contribution in [0.5, 0.6) is 0 Å². The molecular formula is C14H24N2S. The maximum absolute atomic E-state index is 3.48. The second kappa shape index (κ2) is 8.43. The predicted octanol–water partition coefficient (Wildman–Crippen LogP) is 2.99. The maximum Gasteiger partial charge on any atom is 0.0361 e. The highest BCUT2D eigenvalue weighted by Crippen LogP contribution is 2.11. The van der Waals surface area contributed by atoms with E-state index in [1.807, 2.05) is 11.8 Å². The summed E-state index contributed by atoms with van der Waals surface area (Å²) in [6.45, 7) is 4.30. The first-order chi connectivity index (χ1) is 8.24. The first kappa shape index (κ1) is 14.4. The summed E-state index contributed by atoms with van der Waals surface area (Å²) in [6, 6.07) is 8.74. The number of hydrogen-bond acceptors (Lipinski definition) is 3. The quantitative estimate of drug-likeness (QED) is 0.716. The molecule has 0 aliphatic rings. The summed E-state index contributed by atoms with van der Waals surface area (Å²) in [4.78, 5) is 2.12. The minimum Gasteiger partial charge on any atom is -0.378 e. The molecule has 0 amide bonds. The van der Waals surface area contributed by atoms with Gasteiger partial charge in [-0.2, -0.15) is 11.8 Å². The van der Waals surface area contributed by atoms with E-state index in [1.54, 1.807) is 0 Å². The number of rotatable bonds is 8. The molecule has 0 aliphatic carbocycles. The van der Waals surface area contributed by atoms with Crippen LogP contribution in [0.3, 0.4) is 0 Å². The SMILES string of the molecule is CCSCCCNCc1ccc(N(C)C)cc1. The van der Waals surface area contributed by atoms with Crippen molar-refractivity contribution in [1.82, 2.24) is 5.32 Å². The van der Waals surface area contributed by atoms with Crippen LogP contribution in [0.2, 0.25) is 0 Å². The zero-order valence-corrected chi connectivity index (χ0v) is 12.0. The van der Waals surface area contributed by atoms with Gasteiger partial charge >= 0.3 is 0 Å². The summed E-state index contributed by atoms with van der Waals surface area (Å²) in [5.41, 5.74) is 2.62. The Morgan fingerprint density at radius 1 is 1.18 bits per heavy atom. The largest absolute Gasteiger partial charge is 0.378 e. The third-order valence-electron chi connectivity index (χ3n) is 2.63. The lowest BCUT2D eigenvalue weighted by Crippen LogP contribution is -2.15. The van der Waals surface area contributed by atoms with Gasteiger partial charge in [-0.25, -0.2) is 0 Å². The highest BCUT2D eigenvalue weighted by Gasteiger charge is 1.96. The Morgan fingerprint density at radius 3 is 2.47 bits per heavy atom. The van der Waals surface area contributed by atoms with Gasteiger partial charge in [-0.05, 0) is 42.2 Å². The standard InChI is InChI=1S/C14H24N2S/c1-4-17-11-5-10-15-12-13-6-8-14(9-7-13)16(2)3/h6-9,15H,4-5,10-12H2,1-3H3. The van der Waals surface area contributed by atoms with Crippen molar-refractivity contribution >= 4 is 17.4 Å². The van der Waals surface area contributed by atoms with E-state index < -0.39 is 0 Å². The normalized spacial score (nSPS) is 10.5. The van der Waals surface area contributed by atoms with Gasteiger partial charge in [0, 0.05) is 26.3 Å². The lowest BCUT2D eigenvalue weighted by Gasteiger charge is -2.12. The zero-order valence-electron chi connectivity index (χ0n) is 11.2. The van der Waals surface area contributed by atoms with Crippen molar-refractivity contribution in [2.45, 2.75) is 19.9 Å². The molecule has 96 valence electrons. The van der Waals surface area contributed by atoms with Crippen molar-refractivity contribution in [2.24, 2.45) is 0 Å². The molecule has 0 fully saturated rings. The molecule has 0 spiro atoms. The molecule has 17 heavy (non-hydrogen) atoms. The van der Waals surface area contributed by atoms with Gasteiger partial charge in [-0.15, -0.1) is 0 Å². The van der Waals surface area contributed by atoms with Crippen molar-refractivity contribution in [3.63, 3.8) is 0 Å². The average Bonchev–Trinajstić information content (AvgIpc) is 2.34. The fourth-order valence-electron chi connectivity index (χ4n) is 1.59. The van der Waals surface area contributed by atoms with Crippen molar-refractivity contribution in [2.75, 3.05) is 37.0 Å². The number of benzene rings is 1. The van der Waals surface area contributed by atoms with Gasteiger partial charge in [0.2, 0.25) is 0 Å². The molecule has 1 aromatic rings. The number of nitrogens with one attached hydrogen (secondary N) is 1. The van der Waals surface area contributed by atoms with E-state index in [0.29, 0.717) is 0 Å². The molecule has 0 atom stereocenters. The molecule has 1 aromatic carbocycles. The lowest BCUT2D eigenvalue weighted by atomic mass is 10.2. The molecular weight excluding hydrogens is 228 g/mol. The van der Waals surface area contributed by atoms with E-state index in [0.717, 1.165) is 13.1 Å². The first-order valence-corrected chi connectivity index (χ1v) is 7.44. The summed E-state index contributed by atoms with van der Waals surface area (Å²) in [5, 5.41) is 3.48. The number of anilines is 1. The number of nitrogens with zero attached hydrogens (tertiary/aromatic N) is 1. The van der Waals surface area contributed by atoms with Crippen LogP contribution in [0, 0.1) is 0 Å². The Morgan fingerprint density at radius 2 is 1.88 bits per heavy atom. The van der Waals surface area contributed by atoms with Crippen LogP contribution < -0.4 is 10.2 Å².